The summed E-state index contributed by atoms with van der Waals surface area (Å²) in [4.78, 5) is 95.2. The number of hydrogen-bond donors (Lipinski definition) is 2. The predicted molar refractivity (Wildman–Crippen MR) is 289 cm³/mol. The summed E-state index contributed by atoms with van der Waals surface area (Å²) in [5, 5.41) is 5.74. The number of piperidine rings is 1. The van der Waals surface area contributed by atoms with E-state index in [9.17, 15) is 28.8 Å². The number of hydrogen-bond acceptors (Lipinski definition) is 14. The second kappa shape index (κ2) is 22.0. The van der Waals surface area contributed by atoms with Crippen LogP contribution in [0.15, 0.2) is 84.9 Å². The molecule has 0 aliphatic carbocycles. The van der Waals surface area contributed by atoms with Crippen LogP contribution in [0.4, 0.5) is 21.0 Å². The molecule has 394 valence electrons. The minimum Gasteiger partial charge on any atom is -0.493 e. The van der Waals surface area contributed by atoms with Gasteiger partial charge in [-0.05, 0) is 131 Å². The molecule has 18 heteroatoms. The van der Waals surface area contributed by atoms with Gasteiger partial charge in [0.15, 0.2) is 10.8 Å². The minimum atomic E-state index is -1.11. The van der Waals surface area contributed by atoms with Crippen molar-refractivity contribution >= 4 is 73.7 Å². The van der Waals surface area contributed by atoms with Crippen LogP contribution in [0.3, 0.4) is 0 Å². The first kappa shape index (κ1) is 51.9. The molecule has 16 nitrogen and oxygen atoms in total. The lowest BCUT2D eigenvalue weighted by Crippen LogP contribution is -2.54. The van der Waals surface area contributed by atoms with Crippen molar-refractivity contribution < 1.29 is 42.6 Å². The molecule has 4 aromatic carbocycles. The fourth-order valence-corrected chi connectivity index (χ4v) is 11.4. The number of unbranched alkanes of at least 4 members (excludes halogenated alkanes) is 4. The van der Waals surface area contributed by atoms with Gasteiger partial charge in [-0.3, -0.25) is 44.4 Å². The molecular weight excluding hydrogens is 988 g/mol. The van der Waals surface area contributed by atoms with Gasteiger partial charge in [0.2, 0.25) is 11.8 Å². The van der Waals surface area contributed by atoms with Crippen molar-refractivity contribution in [1.29, 1.82) is 0 Å². The number of esters is 1. The van der Waals surface area contributed by atoms with Gasteiger partial charge < -0.3 is 19.3 Å². The standard InChI is InChI=1S/C58H61FN8O8S/c1-35-37(38-20-22-49(61-51(38)56(73)75-58(2,3)4)66-26-24-36-14-12-16-39(42(36)34-66)52(69)63-57-60-44-17-8-9-19-48(44)76-57)15-13-18-47(35)74-31-11-7-5-6-10-25-64-27-29-65(30-28-64)46-33-41-40(32-43(46)59)54(71)67(55(41)72)45-21-23-50(68)62-53(45)70/h8-9,12-20,22,32-33,45H,5-7,10-11,21,23-31,34H2,1-4H3,(H,60,63,69)(H,62,68,70). The number of amides is 5. The van der Waals surface area contributed by atoms with Crippen molar-refractivity contribution in [1.82, 2.24) is 25.1 Å². The molecule has 5 amide bonds. The van der Waals surface area contributed by atoms with E-state index in [-0.39, 0.29) is 41.3 Å². The van der Waals surface area contributed by atoms with E-state index in [0.717, 1.165) is 101 Å². The summed E-state index contributed by atoms with van der Waals surface area (Å²) in [5.74, 6) is -2.55. The normalized spacial score (nSPS) is 17.0. The van der Waals surface area contributed by atoms with Crippen LogP contribution in [-0.4, -0.2) is 113 Å². The van der Waals surface area contributed by atoms with Gasteiger partial charge >= 0.3 is 5.97 Å². The fourth-order valence-electron chi connectivity index (χ4n) is 10.5. The fraction of sp³-hybridized carbons (Fsp3) is 0.379. The van der Waals surface area contributed by atoms with E-state index >= 15 is 4.39 Å². The number of fused-ring (bicyclic) bond motifs is 3. The maximum Gasteiger partial charge on any atom is 0.358 e. The van der Waals surface area contributed by atoms with E-state index < -0.39 is 47.1 Å². The third-order valence-corrected chi connectivity index (χ3v) is 15.5. The predicted octanol–water partition coefficient (Wildman–Crippen LogP) is 9.13. The first-order valence-electron chi connectivity index (χ1n) is 26.1. The molecule has 6 heterocycles. The second-order valence-corrected chi connectivity index (χ2v) is 21.8. The van der Waals surface area contributed by atoms with Gasteiger partial charge in [-0.2, -0.15) is 0 Å². The van der Waals surface area contributed by atoms with E-state index in [1.54, 1.807) is 0 Å². The van der Waals surface area contributed by atoms with Crippen LogP contribution in [-0.2, 0) is 27.3 Å². The smallest absolute Gasteiger partial charge is 0.358 e. The molecule has 6 aromatic rings. The highest BCUT2D eigenvalue weighted by Crippen LogP contribution is 2.37. The number of carbonyl (C=O) groups excluding carboxylic acids is 6. The number of benzene rings is 4. The molecule has 2 aromatic heterocycles. The summed E-state index contributed by atoms with van der Waals surface area (Å²) < 4.78 is 28.8. The van der Waals surface area contributed by atoms with E-state index in [1.165, 1.54) is 17.4 Å². The van der Waals surface area contributed by atoms with Gasteiger partial charge in [-0.25, -0.2) is 19.2 Å². The number of carbonyl (C=O) groups is 6. The van der Waals surface area contributed by atoms with Gasteiger partial charge in [0.1, 0.15) is 29.0 Å². The summed E-state index contributed by atoms with van der Waals surface area (Å²) in [6.07, 6.45) is 5.72. The minimum absolute atomic E-state index is 0.0109. The number of aromatic nitrogens is 2. The molecule has 76 heavy (non-hydrogen) atoms. The average molecular weight is 1050 g/mol. The molecule has 1 atom stereocenters. The maximum atomic E-state index is 15.5. The Morgan fingerprint density at radius 3 is 2.32 bits per heavy atom. The Kier molecular flexibility index (Phi) is 15.0. The Morgan fingerprint density at radius 1 is 0.789 bits per heavy atom. The Morgan fingerprint density at radius 2 is 1.54 bits per heavy atom. The molecule has 4 aliphatic heterocycles. The molecule has 4 aliphatic rings. The number of piperazine rings is 1. The Hall–Kier alpha value is -7.57. The van der Waals surface area contributed by atoms with Crippen LogP contribution < -0.4 is 25.2 Å². The van der Waals surface area contributed by atoms with Crippen LogP contribution in [0.1, 0.15) is 124 Å². The quantitative estimate of drug-likeness (QED) is 0.0532. The number of anilines is 3. The van der Waals surface area contributed by atoms with Crippen molar-refractivity contribution in [3.63, 3.8) is 0 Å². The van der Waals surface area contributed by atoms with Crippen LogP contribution in [0.5, 0.6) is 5.75 Å². The number of imide groups is 2. The molecule has 2 fully saturated rings. The average Bonchev–Trinajstić information content (AvgIpc) is 3.96. The van der Waals surface area contributed by atoms with Crippen molar-refractivity contribution in [2.45, 2.75) is 97.2 Å². The number of thiazole rings is 1. The SMILES string of the molecule is Cc1c(OCCCCCCCN2CCN(c3cc4c(cc3F)C(=O)N(C3CCC(=O)NC3=O)C4=O)CC2)cccc1-c1ccc(N2CCc3cccc(C(=O)Nc4nc5ccccc5s4)c3C2)nc1C(=O)OC(C)(C)C. The van der Waals surface area contributed by atoms with Crippen LogP contribution in [0.25, 0.3) is 21.3 Å². The monoisotopic (exact) mass is 1050 g/mol. The summed E-state index contributed by atoms with van der Waals surface area (Å²) >= 11 is 1.44. The zero-order chi connectivity index (χ0) is 53.3. The molecule has 2 N–H and O–H groups in total. The highest BCUT2D eigenvalue weighted by Gasteiger charge is 2.45. The van der Waals surface area contributed by atoms with Crippen LogP contribution in [0, 0.1) is 12.7 Å². The lowest BCUT2D eigenvalue weighted by atomic mass is 9.94. The Balaban J connectivity index is 0.709. The van der Waals surface area contributed by atoms with Crippen LogP contribution >= 0.6 is 11.3 Å². The highest BCUT2D eigenvalue weighted by molar-refractivity contribution is 7.22. The molecule has 1 unspecified atom stereocenters. The number of nitrogens with zero attached hydrogens (tertiary/aromatic N) is 6. The van der Waals surface area contributed by atoms with E-state index in [0.29, 0.717) is 61.3 Å². The molecule has 2 saturated heterocycles. The molecule has 0 saturated carbocycles. The largest absolute Gasteiger partial charge is 0.493 e. The topological polar surface area (TPSA) is 184 Å². The highest BCUT2D eigenvalue weighted by atomic mass is 32.1. The van der Waals surface area contributed by atoms with Crippen LogP contribution in [0.2, 0.25) is 0 Å². The molecule has 10 rings (SSSR count). The zero-order valence-electron chi connectivity index (χ0n) is 43.2. The number of ether oxygens (including phenoxy) is 2. The zero-order valence-corrected chi connectivity index (χ0v) is 44.0. The first-order chi connectivity index (χ1) is 36.6. The van der Waals surface area contributed by atoms with Crippen molar-refractivity contribution in [2.75, 3.05) is 61.0 Å². The lowest BCUT2D eigenvalue weighted by Gasteiger charge is -2.36. The number of para-hydroxylation sites is 1. The van der Waals surface area contributed by atoms with E-state index in [2.05, 4.69) is 31.5 Å². The molecule has 0 bridgehead atoms. The third-order valence-electron chi connectivity index (χ3n) is 14.5. The van der Waals surface area contributed by atoms with Crippen molar-refractivity contribution in [3.05, 3.63) is 130 Å². The number of halogens is 1. The lowest BCUT2D eigenvalue weighted by molar-refractivity contribution is -0.136. The summed E-state index contributed by atoms with van der Waals surface area (Å²) in [6, 6.07) is 24.7. The summed E-state index contributed by atoms with van der Waals surface area (Å²) in [6.45, 7) is 12.6. The number of nitrogens with one attached hydrogen (secondary N) is 2. The Bertz CT molecular complexity index is 3240. The van der Waals surface area contributed by atoms with E-state index in [1.807, 2.05) is 99.3 Å². The molecule has 0 spiro atoms. The van der Waals surface area contributed by atoms with Gasteiger partial charge in [-0.15, -0.1) is 0 Å². The Labute approximate surface area is 444 Å². The van der Waals surface area contributed by atoms with Gasteiger partial charge in [0.25, 0.3) is 17.7 Å². The van der Waals surface area contributed by atoms with Crippen molar-refractivity contribution in [2.24, 2.45) is 0 Å². The summed E-state index contributed by atoms with van der Waals surface area (Å²) in [7, 11) is 0. The second-order valence-electron chi connectivity index (χ2n) is 20.8. The number of pyridine rings is 1. The van der Waals surface area contributed by atoms with Gasteiger partial charge in [0.05, 0.1) is 33.6 Å². The molecule has 0 radical (unpaired) electrons. The van der Waals surface area contributed by atoms with Gasteiger partial charge in [0, 0.05) is 56.8 Å². The van der Waals surface area contributed by atoms with Gasteiger partial charge in [-0.1, -0.05) is 67.0 Å². The third kappa shape index (κ3) is 11.0. The number of rotatable bonds is 16. The summed E-state index contributed by atoms with van der Waals surface area (Å²) in [5.41, 5.74) is 5.45. The first-order valence-corrected chi connectivity index (χ1v) is 26.9. The van der Waals surface area contributed by atoms with Crippen molar-refractivity contribution in [3.8, 4) is 16.9 Å². The van der Waals surface area contributed by atoms with E-state index in [4.69, 9.17) is 14.5 Å². The maximum absolute atomic E-state index is 15.5. The molecular formula is C58H61FN8O8S.